The van der Waals surface area contributed by atoms with Crippen LogP contribution in [0.4, 0.5) is 0 Å². The number of aryl methyl sites for hydroxylation is 2. The Balaban J connectivity index is 2.06. The zero-order valence-electron chi connectivity index (χ0n) is 11.8. The molecule has 2 aromatic rings. The summed E-state index contributed by atoms with van der Waals surface area (Å²) in [6.45, 7) is 2.05. The maximum absolute atomic E-state index is 10.9. The molecule has 20 heavy (non-hydrogen) atoms. The van der Waals surface area contributed by atoms with E-state index in [1.54, 1.807) is 7.11 Å². The van der Waals surface area contributed by atoms with Crippen molar-refractivity contribution in [2.24, 2.45) is 5.92 Å². The number of fused-ring (bicyclic) bond motifs is 3. The standard InChI is InChI=1S/C16H19NO3/c1-9-5-12-11-7-10(8-15(18)19)3-4-13(11)17-16(12)14(6-9)20-2/h5-6,10,17H,3-4,7-8H2,1-2H3,(H,18,19). The van der Waals surface area contributed by atoms with Crippen LogP contribution in [0.25, 0.3) is 10.9 Å². The van der Waals surface area contributed by atoms with Gasteiger partial charge >= 0.3 is 5.97 Å². The number of H-pyrrole nitrogens is 1. The molecule has 0 radical (unpaired) electrons. The highest BCUT2D eigenvalue weighted by molar-refractivity contribution is 5.90. The van der Waals surface area contributed by atoms with Crippen LogP contribution >= 0.6 is 0 Å². The van der Waals surface area contributed by atoms with Gasteiger partial charge in [-0.25, -0.2) is 0 Å². The van der Waals surface area contributed by atoms with Crippen molar-refractivity contribution in [1.29, 1.82) is 0 Å². The van der Waals surface area contributed by atoms with Crippen LogP contribution in [0.5, 0.6) is 5.75 Å². The molecule has 1 aliphatic carbocycles. The third kappa shape index (κ3) is 2.15. The first kappa shape index (κ1) is 13.0. The minimum Gasteiger partial charge on any atom is -0.495 e. The topological polar surface area (TPSA) is 62.3 Å². The SMILES string of the molecule is COc1cc(C)cc2c3c([nH]c12)CCC(CC(=O)O)C3. The number of methoxy groups -OCH3 is 1. The molecule has 0 saturated heterocycles. The van der Waals surface area contributed by atoms with E-state index >= 15 is 0 Å². The molecule has 0 amide bonds. The number of hydrogen-bond donors (Lipinski definition) is 2. The smallest absolute Gasteiger partial charge is 0.303 e. The summed E-state index contributed by atoms with van der Waals surface area (Å²) in [5, 5.41) is 10.2. The second-order valence-electron chi connectivity index (χ2n) is 5.68. The van der Waals surface area contributed by atoms with Crippen LogP contribution in [0.15, 0.2) is 12.1 Å². The number of carboxylic acids is 1. The molecule has 0 saturated carbocycles. The fourth-order valence-electron chi connectivity index (χ4n) is 3.28. The van der Waals surface area contributed by atoms with Gasteiger partial charge in [-0.2, -0.15) is 0 Å². The van der Waals surface area contributed by atoms with Gasteiger partial charge in [0.15, 0.2) is 0 Å². The van der Waals surface area contributed by atoms with E-state index in [2.05, 4.69) is 18.0 Å². The molecule has 0 bridgehead atoms. The Kier molecular flexibility index (Phi) is 3.16. The lowest BCUT2D eigenvalue weighted by atomic mass is 9.84. The third-order valence-corrected chi connectivity index (χ3v) is 4.19. The summed E-state index contributed by atoms with van der Waals surface area (Å²) in [6.07, 6.45) is 2.96. The summed E-state index contributed by atoms with van der Waals surface area (Å²) in [6, 6.07) is 4.19. The molecule has 106 valence electrons. The number of carboxylic acid groups (broad SMARTS) is 1. The minimum absolute atomic E-state index is 0.241. The summed E-state index contributed by atoms with van der Waals surface area (Å²) < 4.78 is 5.45. The van der Waals surface area contributed by atoms with E-state index in [1.807, 2.05) is 6.07 Å². The van der Waals surface area contributed by atoms with Gasteiger partial charge in [0.05, 0.1) is 12.6 Å². The Hall–Kier alpha value is -1.97. The van der Waals surface area contributed by atoms with E-state index in [0.29, 0.717) is 0 Å². The Morgan fingerprint density at radius 1 is 1.50 bits per heavy atom. The lowest BCUT2D eigenvalue weighted by Crippen LogP contribution is -2.16. The van der Waals surface area contributed by atoms with Crippen LogP contribution in [-0.4, -0.2) is 23.2 Å². The fraction of sp³-hybridized carbons (Fsp3) is 0.438. The molecule has 1 aromatic carbocycles. The average molecular weight is 273 g/mol. The normalized spacial score (nSPS) is 18.0. The van der Waals surface area contributed by atoms with Crippen LogP contribution in [0, 0.1) is 12.8 Å². The van der Waals surface area contributed by atoms with Gasteiger partial charge in [0, 0.05) is 17.5 Å². The summed E-state index contributed by atoms with van der Waals surface area (Å²) in [7, 11) is 1.68. The summed E-state index contributed by atoms with van der Waals surface area (Å²) in [4.78, 5) is 14.4. The number of aliphatic carboxylic acids is 1. The first-order valence-electron chi connectivity index (χ1n) is 6.98. The van der Waals surface area contributed by atoms with E-state index in [0.717, 1.165) is 36.1 Å². The largest absolute Gasteiger partial charge is 0.495 e. The molecule has 3 rings (SSSR count). The highest BCUT2D eigenvalue weighted by Gasteiger charge is 2.25. The number of rotatable bonds is 3. The van der Waals surface area contributed by atoms with E-state index in [9.17, 15) is 4.79 Å². The molecule has 0 fully saturated rings. The van der Waals surface area contributed by atoms with Gasteiger partial charge < -0.3 is 14.8 Å². The molecule has 0 aliphatic heterocycles. The Bertz CT molecular complexity index is 672. The van der Waals surface area contributed by atoms with Crippen LogP contribution in [0.1, 0.15) is 29.7 Å². The molecular weight excluding hydrogens is 254 g/mol. The summed E-state index contributed by atoms with van der Waals surface area (Å²) in [5.41, 5.74) is 4.72. The van der Waals surface area contributed by atoms with Crippen molar-refractivity contribution in [3.8, 4) is 5.75 Å². The van der Waals surface area contributed by atoms with E-state index in [-0.39, 0.29) is 12.3 Å². The Labute approximate surface area is 117 Å². The fourth-order valence-corrected chi connectivity index (χ4v) is 3.28. The zero-order chi connectivity index (χ0) is 14.3. The van der Waals surface area contributed by atoms with Crippen molar-refractivity contribution in [2.75, 3.05) is 7.11 Å². The molecule has 2 N–H and O–H groups in total. The van der Waals surface area contributed by atoms with Crippen molar-refractivity contribution in [2.45, 2.75) is 32.6 Å². The lowest BCUT2D eigenvalue weighted by Gasteiger charge is -2.20. The number of aromatic amines is 1. The van der Waals surface area contributed by atoms with E-state index < -0.39 is 5.97 Å². The van der Waals surface area contributed by atoms with Gasteiger partial charge in [0.2, 0.25) is 0 Å². The number of aromatic nitrogens is 1. The first-order chi connectivity index (χ1) is 9.58. The minimum atomic E-state index is -0.702. The van der Waals surface area contributed by atoms with Crippen LogP contribution < -0.4 is 4.74 Å². The summed E-state index contributed by atoms with van der Waals surface area (Å²) in [5.74, 6) is 0.404. The number of ether oxygens (including phenoxy) is 1. The molecule has 4 heteroatoms. The van der Waals surface area contributed by atoms with Crippen molar-refractivity contribution in [3.05, 3.63) is 29.0 Å². The monoisotopic (exact) mass is 273 g/mol. The van der Waals surface area contributed by atoms with Crippen molar-refractivity contribution < 1.29 is 14.6 Å². The average Bonchev–Trinajstić information content (AvgIpc) is 2.75. The molecule has 1 heterocycles. The highest BCUT2D eigenvalue weighted by atomic mass is 16.5. The number of hydrogen-bond acceptors (Lipinski definition) is 2. The van der Waals surface area contributed by atoms with Gasteiger partial charge in [-0.05, 0) is 55.4 Å². The first-order valence-corrected chi connectivity index (χ1v) is 6.98. The maximum Gasteiger partial charge on any atom is 0.303 e. The molecular formula is C16H19NO3. The van der Waals surface area contributed by atoms with Crippen molar-refractivity contribution >= 4 is 16.9 Å². The van der Waals surface area contributed by atoms with Gasteiger partial charge in [-0.15, -0.1) is 0 Å². The molecule has 0 spiro atoms. The second kappa shape index (κ2) is 4.85. The third-order valence-electron chi connectivity index (χ3n) is 4.19. The van der Waals surface area contributed by atoms with Gasteiger partial charge in [-0.3, -0.25) is 4.79 Å². The molecule has 1 aromatic heterocycles. The zero-order valence-corrected chi connectivity index (χ0v) is 11.8. The van der Waals surface area contributed by atoms with Gasteiger partial charge in [-0.1, -0.05) is 0 Å². The van der Waals surface area contributed by atoms with Crippen molar-refractivity contribution in [3.63, 3.8) is 0 Å². The van der Waals surface area contributed by atoms with Crippen LogP contribution in [-0.2, 0) is 17.6 Å². The van der Waals surface area contributed by atoms with Crippen LogP contribution in [0.2, 0.25) is 0 Å². The number of benzene rings is 1. The molecule has 1 aliphatic rings. The quantitative estimate of drug-likeness (QED) is 0.903. The Morgan fingerprint density at radius 3 is 3.00 bits per heavy atom. The van der Waals surface area contributed by atoms with E-state index in [1.165, 1.54) is 16.6 Å². The van der Waals surface area contributed by atoms with Crippen LogP contribution in [0.3, 0.4) is 0 Å². The van der Waals surface area contributed by atoms with E-state index in [4.69, 9.17) is 9.84 Å². The number of carbonyl (C=O) groups is 1. The number of nitrogens with one attached hydrogen (secondary N) is 1. The summed E-state index contributed by atoms with van der Waals surface area (Å²) >= 11 is 0. The maximum atomic E-state index is 10.9. The molecule has 1 atom stereocenters. The molecule has 4 nitrogen and oxygen atoms in total. The molecule has 1 unspecified atom stereocenters. The van der Waals surface area contributed by atoms with Crippen molar-refractivity contribution in [1.82, 2.24) is 4.98 Å². The highest BCUT2D eigenvalue weighted by Crippen LogP contribution is 2.37. The van der Waals surface area contributed by atoms with Gasteiger partial charge in [0.25, 0.3) is 0 Å². The Morgan fingerprint density at radius 2 is 2.30 bits per heavy atom. The lowest BCUT2D eigenvalue weighted by molar-refractivity contribution is -0.138. The van der Waals surface area contributed by atoms with Gasteiger partial charge in [0.1, 0.15) is 5.75 Å². The second-order valence-corrected chi connectivity index (χ2v) is 5.68. The predicted octanol–water partition coefficient (Wildman–Crippen LogP) is 3.06. The predicted molar refractivity (Wildman–Crippen MR) is 77.4 cm³/mol.